The first-order chi connectivity index (χ1) is 11.3. The summed E-state index contributed by atoms with van der Waals surface area (Å²) >= 11 is 0. The summed E-state index contributed by atoms with van der Waals surface area (Å²) in [6.07, 6.45) is 2.40. The van der Waals surface area contributed by atoms with E-state index in [2.05, 4.69) is 5.32 Å². The monoisotopic (exact) mass is 335 g/mol. The molecular weight excluding hydrogens is 318 g/mol. The van der Waals surface area contributed by atoms with E-state index in [0.717, 1.165) is 11.0 Å². The Hall–Kier alpha value is -3.23. The number of amides is 2. The average molecular weight is 335 g/mol. The normalized spacial score (nSPS) is 10.2. The van der Waals surface area contributed by atoms with Crippen molar-refractivity contribution in [1.82, 2.24) is 10.2 Å². The summed E-state index contributed by atoms with van der Waals surface area (Å²) in [5.74, 6) is -1.65. The number of rotatable bonds is 7. The Bertz CT molecular complexity index is 671. The summed E-state index contributed by atoms with van der Waals surface area (Å²) in [6, 6.07) is 5.70. The first-order valence-corrected chi connectivity index (χ1v) is 6.87. The van der Waals surface area contributed by atoms with Crippen LogP contribution in [0, 0.1) is 10.1 Å². The maximum atomic E-state index is 11.7. The third-order valence-corrected chi connectivity index (χ3v) is 2.92. The molecule has 0 unspecified atom stereocenters. The SMILES string of the molecule is CNC(=O)CN(C)C(=O)COC(=O)/C=C/c1cccc([N+](=O)[O-])c1. The van der Waals surface area contributed by atoms with Crippen molar-refractivity contribution in [3.05, 3.63) is 46.0 Å². The molecule has 9 nitrogen and oxygen atoms in total. The zero-order valence-corrected chi connectivity index (χ0v) is 13.2. The van der Waals surface area contributed by atoms with Crippen LogP contribution in [0.5, 0.6) is 0 Å². The highest BCUT2D eigenvalue weighted by atomic mass is 16.6. The van der Waals surface area contributed by atoms with Crippen molar-refractivity contribution >= 4 is 29.5 Å². The summed E-state index contributed by atoms with van der Waals surface area (Å²) in [5, 5.41) is 13.0. The lowest BCUT2D eigenvalue weighted by atomic mass is 10.2. The number of hydrogen-bond donors (Lipinski definition) is 1. The zero-order valence-electron chi connectivity index (χ0n) is 13.2. The molecule has 1 rings (SSSR count). The van der Waals surface area contributed by atoms with Gasteiger partial charge in [0, 0.05) is 32.3 Å². The number of benzene rings is 1. The number of likely N-dealkylation sites (N-methyl/N-ethyl adjacent to an activating group) is 2. The van der Waals surface area contributed by atoms with Crippen molar-refractivity contribution in [3.63, 3.8) is 0 Å². The number of non-ortho nitro benzene ring substituents is 1. The van der Waals surface area contributed by atoms with Gasteiger partial charge in [0.05, 0.1) is 11.5 Å². The minimum Gasteiger partial charge on any atom is -0.452 e. The van der Waals surface area contributed by atoms with E-state index in [-0.39, 0.29) is 18.1 Å². The van der Waals surface area contributed by atoms with Crippen LogP contribution in [0.4, 0.5) is 5.69 Å². The highest BCUT2D eigenvalue weighted by Crippen LogP contribution is 2.14. The Morgan fingerprint density at radius 1 is 1.38 bits per heavy atom. The summed E-state index contributed by atoms with van der Waals surface area (Å²) in [7, 11) is 2.85. The topological polar surface area (TPSA) is 119 Å². The van der Waals surface area contributed by atoms with E-state index in [1.807, 2.05) is 0 Å². The zero-order chi connectivity index (χ0) is 18.1. The molecule has 9 heteroatoms. The third-order valence-electron chi connectivity index (χ3n) is 2.92. The second kappa shape index (κ2) is 9.03. The molecule has 1 aromatic rings. The van der Waals surface area contributed by atoms with Crippen LogP contribution < -0.4 is 5.32 Å². The molecule has 0 heterocycles. The standard InChI is InChI=1S/C15H17N3O6/c1-16-13(19)9-17(2)14(20)10-24-15(21)7-6-11-4-3-5-12(8-11)18(22)23/h3-8H,9-10H2,1-2H3,(H,16,19)/b7-6+. The smallest absolute Gasteiger partial charge is 0.331 e. The van der Waals surface area contributed by atoms with Gasteiger partial charge in [-0.05, 0) is 11.6 Å². The summed E-state index contributed by atoms with van der Waals surface area (Å²) < 4.78 is 4.76. The summed E-state index contributed by atoms with van der Waals surface area (Å²) in [5.41, 5.74) is 0.348. The fourth-order valence-corrected chi connectivity index (χ4v) is 1.58. The Balaban J connectivity index is 2.51. The van der Waals surface area contributed by atoms with Gasteiger partial charge in [-0.1, -0.05) is 12.1 Å². The number of nitro benzene ring substituents is 1. The minimum absolute atomic E-state index is 0.100. The molecule has 1 aromatic carbocycles. The molecule has 128 valence electrons. The predicted molar refractivity (Wildman–Crippen MR) is 84.8 cm³/mol. The van der Waals surface area contributed by atoms with Crippen LogP contribution in [-0.2, 0) is 19.1 Å². The number of nitro groups is 1. The molecule has 0 saturated carbocycles. The van der Waals surface area contributed by atoms with E-state index in [9.17, 15) is 24.5 Å². The lowest BCUT2D eigenvalue weighted by Gasteiger charge is -2.15. The number of nitrogens with one attached hydrogen (secondary N) is 1. The maximum Gasteiger partial charge on any atom is 0.331 e. The van der Waals surface area contributed by atoms with E-state index in [4.69, 9.17) is 4.74 Å². The first kappa shape index (κ1) is 18.8. The Labute approximate surface area is 138 Å². The Morgan fingerprint density at radius 3 is 2.71 bits per heavy atom. The van der Waals surface area contributed by atoms with Crippen LogP contribution in [0.15, 0.2) is 30.3 Å². The molecule has 0 aliphatic heterocycles. The van der Waals surface area contributed by atoms with Crippen molar-refractivity contribution in [1.29, 1.82) is 0 Å². The van der Waals surface area contributed by atoms with E-state index in [0.29, 0.717) is 5.56 Å². The van der Waals surface area contributed by atoms with Crippen molar-refractivity contribution in [3.8, 4) is 0 Å². The van der Waals surface area contributed by atoms with Gasteiger partial charge in [0.15, 0.2) is 6.61 Å². The van der Waals surface area contributed by atoms with Gasteiger partial charge in [0.25, 0.3) is 11.6 Å². The molecule has 0 saturated heterocycles. The largest absolute Gasteiger partial charge is 0.452 e. The molecule has 0 fully saturated rings. The van der Waals surface area contributed by atoms with E-state index < -0.39 is 23.4 Å². The molecule has 0 aliphatic rings. The van der Waals surface area contributed by atoms with Crippen LogP contribution in [0.25, 0.3) is 6.08 Å². The third kappa shape index (κ3) is 6.26. The number of esters is 1. The van der Waals surface area contributed by atoms with Gasteiger partial charge in [-0.25, -0.2) is 4.79 Å². The highest BCUT2D eigenvalue weighted by molar-refractivity contribution is 5.90. The number of ether oxygens (including phenoxy) is 1. The van der Waals surface area contributed by atoms with E-state index >= 15 is 0 Å². The van der Waals surface area contributed by atoms with Gasteiger partial charge in [0.1, 0.15) is 0 Å². The molecular formula is C15H17N3O6. The molecule has 0 radical (unpaired) electrons. The van der Waals surface area contributed by atoms with Crippen LogP contribution in [0.3, 0.4) is 0 Å². The molecule has 24 heavy (non-hydrogen) atoms. The highest BCUT2D eigenvalue weighted by Gasteiger charge is 2.13. The molecule has 0 spiro atoms. The molecule has 0 bridgehead atoms. The second-order valence-electron chi connectivity index (χ2n) is 4.72. The number of carbonyl (C=O) groups excluding carboxylic acids is 3. The van der Waals surface area contributed by atoms with Gasteiger partial charge in [-0.15, -0.1) is 0 Å². The van der Waals surface area contributed by atoms with E-state index in [1.165, 1.54) is 38.4 Å². The van der Waals surface area contributed by atoms with Gasteiger partial charge in [0.2, 0.25) is 5.91 Å². The van der Waals surface area contributed by atoms with Crippen LogP contribution in [0.1, 0.15) is 5.56 Å². The van der Waals surface area contributed by atoms with Gasteiger partial charge in [-0.2, -0.15) is 0 Å². The molecule has 0 atom stereocenters. The quantitative estimate of drug-likeness (QED) is 0.332. The van der Waals surface area contributed by atoms with Gasteiger partial charge < -0.3 is 15.0 Å². The lowest BCUT2D eigenvalue weighted by molar-refractivity contribution is -0.384. The Kier molecular flexibility index (Phi) is 7.08. The van der Waals surface area contributed by atoms with Crippen molar-refractivity contribution in [2.75, 3.05) is 27.2 Å². The van der Waals surface area contributed by atoms with Gasteiger partial charge in [-0.3, -0.25) is 19.7 Å². The summed E-state index contributed by atoms with van der Waals surface area (Å²) in [4.78, 5) is 45.6. The number of nitrogens with zero attached hydrogens (tertiary/aromatic N) is 2. The average Bonchev–Trinajstić information content (AvgIpc) is 2.57. The maximum absolute atomic E-state index is 11.7. The number of carbonyl (C=O) groups is 3. The number of hydrogen-bond acceptors (Lipinski definition) is 6. The second-order valence-corrected chi connectivity index (χ2v) is 4.72. The van der Waals surface area contributed by atoms with Crippen molar-refractivity contribution in [2.45, 2.75) is 0 Å². The minimum atomic E-state index is -0.775. The molecule has 2 amide bonds. The van der Waals surface area contributed by atoms with Crippen molar-refractivity contribution in [2.24, 2.45) is 0 Å². The summed E-state index contributed by atoms with van der Waals surface area (Å²) in [6.45, 7) is -0.651. The first-order valence-electron chi connectivity index (χ1n) is 6.87. The fraction of sp³-hybridized carbons (Fsp3) is 0.267. The molecule has 1 N–H and O–H groups in total. The van der Waals surface area contributed by atoms with Gasteiger partial charge >= 0.3 is 5.97 Å². The lowest BCUT2D eigenvalue weighted by Crippen LogP contribution is -2.38. The van der Waals surface area contributed by atoms with Crippen LogP contribution in [0.2, 0.25) is 0 Å². The Morgan fingerprint density at radius 2 is 2.08 bits per heavy atom. The molecule has 0 aliphatic carbocycles. The fourth-order valence-electron chi connectivity index (χ4n) is 1.58. The van der Waals surface area contributed by atoms with Crippen LogP contribution >= 0.6 is 0 Å². The van der Waals surface area contributed by atoms with E-state index in [1.54, 1.807) is 6.07 Å². The predicted octanol–water partition coefficient (Wildman–Crippen LogP) is 0.356. The van der Waals surface area contributed by atoms with Crippen molar-refractivity contribution < 1.29 is 24.0 Å². The molecule has 0 aromatic heterocycles. The van der Waals surface area contributed by atoms with Crippen LogP contribution in [-0.4, -0.2) is 54.9 Å².